The summed E-state index contributed by atoms with van der Waals surface area (Å²) in [6, 6.07) is 1.76. The molecule has 1 unspecified atom stereocenters. The van der Waals surface area contributed by atoms with Gasteiger partial charge < -0.3 is 4.74 Å². The number of hydrogen-bond donors (Lipinski definition) is 0. The Morgan fingerprint density at radius 3 is 2.75 bits per heavy atom. The third-order valence-corrected chi connectivity index (χ3v) is 5.83. The lowest BCUT2D eigenvalue weighted by atomic mass is 9.35. The van der Waals surface area contributed by atoms with Gasteiger partial charge in [-0.25, -0.2) is 15.0 Å². The first kappa shape index (κ1) is 16.7. The van der Waals surface area contributed by atoms with Gasteiger partial charge in [0.25, 0.3) is 0 Å². The zero-order chi connectivity index (χ0) is 19.2. The second-order valence-electron chi connectivity index (χ2n) is 7.78. The maximum atomic E-state index is 13.1. The van der Waals surface area contributed by atoms with Crippen molar-refractivity contribution < 1.29 is 9.53 Å². The number of nitriles is 1. The van der Waals surface area contributed by atoms with Crippen molar-refractivity contribution in [1.29, 1.82) is 5.26 Å². The summed E-state index contributed by atoms with van der Waals surface area (Å²) < 4.78 is 5.74. The van der Waals surface area contributed by atoms with E-state index in [9.17, 15) is 4.79 Å². The molecule has 1 amide bonds. The SMILES string of the molecule is N#Cc1cnc(OCC23CC(C(=O)N4N=CCC4c4cnccn4)(C2)C3)cn1. The summed E-state index contributed by atoms with van der Waals surface area (Å²) in [6.07, 6.45) is 12.6. The molecule has 6 rings (SSSR count). The molecule has 0 N–H and O–H groups in total. The van der Waals surface area contributed by atoms with Crippen molar-refractivity contribution >= 4 is 12.1 Å². The number of carbonyl (C=O) groups excluding carboxylic acids is 1. The summed E-state index contributed by atoms with van der Waals surface area (Å²) in [5.41, 5.74) is 0.710. The molecular formula is C19H17N7O2. The highest BCUT2D eigenvalue weighted by Gasteiger charge is 2.73. The van der Waals surface area contributed by atoms with Crippen molar-refractivity contribution in [2.24, 2.45) is 15.9 Å². The van der Waals surface area contributed by atoms with Crippen LogP contribution in [-0.4, -0.2) is 43.7 Å². The fourth-order valence-electron chi connectivity index (χ4n) is 4.63. The molecule has 2 aromatic rings. The maximum Gasteiger partial charge on any atom is 0.249 e. The summed E-state index contributed by atoms with van der Waals surface area (Å²) in [7, 11) is 0. The molecule has 9 heteroatoms. The van der Waals surface area contributed by atoms with Crippen molar-refractivity contribution in [2.75, 3.05) is 6.61 Å². The number of ether oxygens (including phenoxy) is 1. The summed E-state index contributed by atoms with van der Waals surface area (Å²) in [4.78, 5) is 29.6. The zero-order valence-electron chi connectivity index (χ0n) is 15.0. The highest BCUT2D eigenvalue weighted by molar-refractivity contribution is 5.88. The monoisotopic (exact) mass is 375 g/mol. The molecule has 1 aliphatic heterocycles. The summed E-state index contributed by atoms with van der Waals surface area (Å²) in [6.45, 7) is 0.499. The Bertz CT molecular complexity index is 964. The van der Waals surface area contributed by atoms with Crippen LogP contribution in [0, 0.1) is 22.2 Å². The van der Waals surface area contributed by atoms with Crippen LogP contribution in [0.1, 0.15) is 43.1 Å². The molecule has 1 atom stereocenters. The molecule has 0 radical (unpaired) electrons. The quantitative estimate of drug-likeness (QED) is 0.780. The molecule has 3 heterocycles. The standard InChI is InChI=1S/C19H17N7O2/c20-5-13-6-24-16(8-23-13)28-12-18-9-19(10-18,11-18)17(27)26-15(1-2-25-26)14-7-21-3-4-22-14/h2-4,6-8,15H,1,9-12H2. The van der Waals surface area contributed by atoms with E-state index in [1.165, 1.54) is 12.4 Å². The average Bonchev–Trinajstić information content (AvgIpc) is 3.17. The fourth-order valence-corrected chi connectivity index (χ4v) is 4.63. The fraction of sp³-hybridized carbons (Fsp3) is 0.421. The van der Waals surface area contributed by atoms with E-state index in [4.69, 9.17) is 10.00 Å². The number of amides is 1. The highest BCUT2D eigenvalue weighted by Crippen LogP contribution is 2.74. The first-order chi connectivity index (χ1) is 13.6. The van der Waals surface area contributed by atoms with Crippen molar-refractivity contribution in [1.82, 2.24) is 24.9 Å². The molecule has 0 aromatic carbocycles. The third-order valence-electron chi connectivity index (χ3n) is 5.83. The van der Waals surface area contributed by atoms with Gasteiger partial charge in [0.2, 0.25) is 11.8 Å². The molecule has 9 nitrogen and oxygen atoms in total. The minimum Gasteiger partial charge on any atom is -0.476 e. The Kier molecular flexibility index (Phi) is 3.62. The van der Waals surface area contributed by atoms with Crippen LogP contribution in [-0.2, 0) is 4.79 Å². The number of rotatable bonds is 5. The minimum absolute atomic E-state index is 0.0245. The van der Waals surface area contributed by atoms with Crippen LogP contribution in [0.15, 0.2) is 36.1 Å². The molecule has 2 aromatic heterocycles. The Labute approximate surface area is 161 Å². The van der Waals surface area contributed by atoms with Gasteiger partial charge in [-0.05, 0) is 19.3 Å². The lowest BCUT2D eigenvalue weighted by molar-refractivity contribution is -0.227. The Morgan fingerprint density at radius 2 is 2.07 bits per heavy atom. The van der Waals surface area contributed by atoms with Crippen LogP contribution in [0.3, 0.4) is 0 Å². The van der Waals surface area contributed by atoms with Crippen molar-refractivity contribution in [2.45, 2.75) is 31.7 Å². The zero-order valence-corrected chi connectivity index (χ0v) is 15.0. The number of nitrogens with zero attached hydrogens (tertiary/aromatic N) is 7. The van der Waals surface area contributed by atoms with Gasteiger partial charge in [-0.1, -0.05) is 0 Å². The molecule has 2 bridgehead atoms. The number of hydrazone groups is 1. The lowest BCUT2D eigenvalue weighted by Crippen LogP contribution is -2.69. The van der Waals surface area contributed by atoms with Gasteiger partial charge in [0.15, 0.2) is 5.69 Å². The first-order valence-electron chi connectivity index (χ1n) is 9.10. The third kappa shape index (κ3) is 2.52. The van der Waals surface area contributed by atoms with Gasteiger partial charge >= 0.3 is 0 Å². The molecule has 3 fully saturated rings. The molecule has 4 aliphatic rings. The van der Waals surface area contributed by atoms with Crippen LogP contribution in [0.25, 0.3) is 0 Å². The normalized spacial score (nSPS) is 29.5. The van der Waals surface area contributed by atoms with E-state index in [0.717, 1.165) is 25.0 Å². The Morgan fingerprint density at radius 1 is 1.21 bits per heavy atom. The van der Waals surface area contributed by atoms with Crippen LogP contribution < -0.4 is 4.74 Å². The Balaban J connectivity index is 1.20. The number of hydrogen-bond acceptors (Lipinski definition) is 8. The topological polar surface area (TPSA) is 117 Å². The van der Waals surface area contributed by atoms with Gasteiger partial charge in [-0.3, -0.25) is 14.8 Å². The maximum absolute atomic E-state index is 13.1. The summed E-state index contributed by atoms with van der Waals surface area (Å²) >= 11 is 0. The molecule has 3 saturated carbocycles. The smallest absolute Gasteiger partial charge is 0.249 e. The van der Waals surface area contributed by atoms with Crippen molar-refractivity contribution in [3.05, 3.63) is 42.4 Å². The predicted octanol–water partition coefficient (Wildman–Crippen LogP) is 1.65. The lowest BCUT2D eigenvalue weighted by Gasteiger charge is -2.69. The van der Waals surface area contributed by atoms with Gasteiger partial charge in [-0.2, -0.15) is 10.4 Å². The predicted molar refractivity (Wildman–Crippen MR) is 95.7 cm³/mol. The van der Waals surface area contributed by atoms with E-state index in [-0.39, 0.29) is 28.5 Å². The van der Waals surface area contributed by atoms with Gasteiger partial charge in [0.1, 0.15) is 12.1 Å². The van der Waals surface area contributed by atoms with E-state index in [2.05, 4.69) is 25.0 Å². The summed E-state index contributed by atoms with van der Waals surface area (Å²) in [5, 5.41) is 14.7. The van der Waals surface area contributed by atoms with Crippen LogP contribution in [0.5, 0.6) is 5.88 Å². The van der Waals surface area contributed by atoms with Crippen molar-refractivity contribution in [3.63, 3.8) is 0 Å². The van der Waals surface area contributed by atoms with E-state index in [1.807, 2.05) is 6.07 Å². The largest absolute Gasteiger partial charge is 0.476 e. The van der Waals surface area contributed by atoms with Crippen molar-refractivity contribution in [3.8, 4) is 11.9 Å². The first-order valence-corrected chi connectivity index (χ1v) is 9.10. The number of carbonyl (C=O) groups is 1. The molecule has 0 spiro atoms. The van der Waals surface area contributed by atoms with E-state index >= 15 is 0 Å². The Hall–Kier alpha value is -3.41. The van der Waals surface area contributed by atoms with Gasteiger partial charge in [-0.15, -0.1) is 0 Å². The molecular weight excluding hydrogens is 358 g/mol. The van der Waals surface area contributed by atoms with E-state index < -0.39 is 0 Å². The molecule has 0 saturated heterocycles. The van der Waals surface area contributed by atoms with Gasteiger partial charge in [0, 0.05) is 30.4 Å². The average molecular weight is 375 g/mol. The number of aromatic nitrogens is 4. The minimum atomic E-state index is -0.332. The molecule has 140 valence electrons. The second-order valence-corrected chi connectivity index (χ2v) is 7.78. The van der Waals surface area contributed by atoms with E-state index in [1.54, 1.807) is 29.8 Å². The summed E-state index contributed by atoms with van der Waals surface area (Å²) in [5.74, 6) is 0.466. The van der Waals surface area contributed by atoms with Gasteiger partial charge in [0.05, 0.1) is 36.3 Å². The molecule has 3 aliphatic carbocycles. The van der Waals surface area contributed by atoms with Crippen LogP contribution in [0.4, 0.5) is 0 Å². The molecule has 28 heavy (non-hydrogen) atoms. The second kappa shape index (κ2) is 6.05. The van der Waals surface area contributed by atoms with E-state index in [0.29, 0.717) is 18.9 Å². The van der Waals surface area contributed by atoms with Crippen LogP contribution in [0.2, 0.25) is 0 Å². The highest BCUT2D eigenvalue weighted by atomic mass is 16.5. The van der Waals surface area contributed by atoms with Crippen LogP contribution >= 0.6 is 0 Å².